The number of para-hydroxylation sites is 2. The molecule has 0 fully saturated rings. The van der Waals surface area contributed by atoms with E-state index in [1.54, 1.807) is 0 Å². The Hall–Kier alpha value is -3.40. The first kappa shape index (κ1) is 22.8. The van der Waals surface area contributed by atoms with Crippen molar-refractivity contribution in [1.29, 1.82) is 0 Å². The van der Waals surface area contributed by atoms with Crippen LogP contribution in [0.2, 0.25) is 0 Å². The highest BCUT2D eigenvalue weighted by atomic mass is 16.1. The minimum absolute atomic E-state index is 0.0536. The lowest BCUT2D eigenvalue weighted by Gasteiger charge is -2.16. The van der Waals surface area contributed by atoms with Crippen LogP contribution < -0.4 is 5.32 Å². The van der Waals surface area contributed by atoms with Gasteiger partial charge in [-0.1, -0.05) is 63.2 Å². The number of anilines is 1. The van der Waals surface area contributed by atoms with Crippen LogP contribution >= 0.6 is 0 Å². The van der Waals surface area contributed by atoms with Gasteiger partial charge in [0.15, 0.2) is 0 Å². The Kier molecular flexibility index (Phi) is 6.64. The van der Waals surface area contributed by atoms with Crippen molar-refractivity contribution in [3.63, 3.8) is 0 Å². The van der Waals surface area contributed by atoms with Crippen molar-refractivity contribution in [2.75, 3.05) is 5.32 Å². The molecule has 0 aliphatic rings. The highest BCUT2D eigenvalue weighted by Crippen LogP contribution is 2.28. The van der Waals surface area contributed by atoms with Gasteiger partial charge in [-0.3, -0.25) is 4.79 Å². The second kappa shape index (κ2) is 9.62. The van der Waals surface area contributed by atoms with Crippen molar-refractivity contribution in [1.82, 2.24) is 9.55 Å². The number of fused-ring (bicyclic) bond motifs is 1. The lowest BCUT2D eigenvalue weighted by atomic mass is 9.96. The molecule has 1 aromatic heterocycles. The summed E-state index contributed by atoms with van der Waals surface area (Å²) in [5.74, 6) is 1.55. The van der Waals surface area contributed by atoms with Gasteiger partial charge in [0.2, 0.25) is 5.91 Å². The van der Waals surface area contributed by atoms with E-state index in [-0.39, 0.29) is 18.4 Å². The van der Waals surface area contributed by atoms with E-state index in [0.717, 1.165) is 34.5 Å². The number of nitrogens with one attached hydrogen (secondary N) is 1. The van der Waals surface area contributed by atoms with Crippen molar-refractivity contribution in [3.05, 3.63) is 94.8 Å². The molecule has 170 valence electrons. The summed E-state index contributed by atoms with van der Waals surface area (Å²) in [5, 5.41) is 3.06. The quantitative estimate of drug-likeness (QED) is 0.351. The van der Waals surface area contributed by atoms with Gasteiger partial charge in [0, 0.05) is 11.6 Å². The molecule has 33 heavy (non-hydrogen) atoms. The Balaban J connectivity index is 1.62. The SMILES string of the molecule is Cc1ccc(NC(=O)Cn2c(C(C)c3ccc(CC(C)C)cc3)nc3ccccc32)cc1C. The normalized spacial score (nSPS) is 12.3. The number of aromatic nitrogens is 2. The zero-order valence-corrected chi connectivity index (χ0v) is 20.2. The third-order valence-corrected chi connectivity index (χ3v) is 6.29. The summed E-state index contributed by atoms with van der Waals surface area (Å²) in [4.78, 5) is 17.9. The van der Waals surface area contributed by atoms with E-state index in [4.69, 9.17) is 4.98 Å². The Morgan fingerprint density at radius 1 is 0.939 bits per heavy atom. The second-order valence-electron chi connectivity index (χ2n) is 9.45. The van der Waals surface area contributed by atoms with Gasteiger partial charge in [0.05, 0.1) is 11.0 Å². The number of imidazole rings is 1. The zero-order valence-electron chi connectivity index (χ0n) is 20.2. The van der Waals surface area contributed by atoms with Crippen LogP contribution in [-0.4, -0.2) is 15.5 Å². The van der Waals surface area contributed by atoms with Crippen molar-refractivity contribution >= 4 is 22.6 Å². The largest absolute Gasteiger partial charge is 0.325 e. The Morgan fingerprint density at radius 2 is 1.67 bits per heavy atom. The molecule has 4 nitrogen and oxygen atoms in total. The average Bonchev–Trinajstić information content (AvgIpc) is 3.14. The monoisotopic (exact) mass is 439 g/mol. The van der Waals surface area contributed by atoms with Gasteiger partial charge >= 0.3 is 0 Å². The zero-order chi connectivity index (χ0) is 23.5. The van der Waals surface area contributed by atoms with Crippen molar-refractivity contribution in [2.24, 2.45) is 5.92 Å². The molecule has 0 bridgehead atoms. The smallest absolute Gasteiger partial charge is 0.244 e. The predicted molar refractivity (Wildman–Crippen MR) is 137 cm³/mol. The van der Waals surface area contributed by atoms with Gasteiger partial charge in [0.1, 0.15) is 12.4 Å². The van der Waals surface area contributed by atoms with E-state index >= 15 is 0 Å². The maximum Gasteiger partial charge on any atom is 0.244 e. The molecule has 3 aromatic carbocycles. The predicted octanol–water partition coefficient (Wildman–Crippen LogP) is 6.64. The summed E-state index contributed by atoms with van der Waals surface area (Å²) in [7, 11) is 0. The number of hydrogen-bond donors (Lipinski definition) is 1. The van der Waals surface area contributed by atoms with Crippen molar-refractivity contribution in [3.8, 4) is 0 Å². The highest BCUT2D eigenvalue weighted by molar-refractivity contribution is 5.92. The molecular weight excluding hydrogens is 406 g/mol. The van der Waals surface area contributed by atoms with Gasteiger partial charge in [-0.25, -0.2) is 4.98 Å². The molecule has 4 heteroatoms. The first-order valence-electron chi connectivity index (χ1n) is 11.7. The first-order chi connectivity index (χ1) is 15.8. The molecule has 4 aromatic rings. The second-order valence-corrected chi connectivity index (χ2v) is 9.45. The molecule has 0 spiro atoms. The maximum absolute atomic E-state index is 13.0. The summed E-state index contributed by atoms with van der Waals surface area (Å²) < 4.78 is 2.05. The molecular formula is C29H33N3O. The summed E-state index contributed by atoms with van der Waals surface area (Å²) >= 11 is 0. The summed E-state index contributed by atoms with van der Waals surface area (Å²) in [6.45, 7) is 11.0. The molecule has 0 saturated heterocycles. The van der Waals surface area contributed by atoms with Gasteiger partial charge in [0.25, 0.3) is 0 Å². The Labute approximate surface area is 196 Å². The maximum atomic E-state index is 13.0. The number of rotatable bonds is 7. The fourth-order valence-electron chi connectivity index (χ4n) is 4.32. The number of carbonyl (C=O) groups excluding carboxylic acids is 1. The van der Waals surface area contributed by atoms with E-state index in [9.17, 15) is 4.79 Å². The molecule has 0 saturated carbocycles. The minimum atomic E-state index is -0.0536. The molecule has 1 amide bonds. The van der Waals surface area contributed by atoms with Crippen LogP contribution in [0.1, 0.15) is 54.8 Å². The summed E-state index contributed by atoms with van der Waals surface area (Å²) in [6, 6.07) is 22.9. The van der Waals surface area contributed by atoms with Gasteiger partial charge < -0.3 is 9.88 Å². The number of aryl methyl sites for hydroxylation is 2. The standard InChI is InChI=1S/C29H33N3O/c1-19(2)16-23-11-13-24(14-12-23)22(5)29-31-26-8-6-7-9-27(26)32(29)18-28(33)30-25-15-10-20(3)21(4)17-25/h6-15,17,19,22H,16,18H2,1-5H3,(H,30,33). The Bertz CT molecular complexity index is 1270. The van der Waals surface area contributed by atoms with Crippen LogP contribution in [0.3, 0.4) is 0 Å². The average molecular weight is 440 g/mol. The molecule has 1 unspecified atom stereocenters. The fourth-order valence-corrected chi connectivity index (χ4v) is 4.32. The number of benzene rings is 3. The van der Waals surface area contributed by atoms with E-state index < -0.39 is 0 Å². The van der Waals surface area contributed by atoms with Crippen LogP contribution in [0.4, 0.5) is 5.69 Å². The van der Waals surface area contributed by atoms with E-state index in [1.165, 1.54) is 16.7 Å². The molecule has 0 aliphatic carbocycles. The van der Waals surface area contributed by atoms with E-state index in [2.05, 4.69) is 68.8 Å². The minimum Gasteiger partial charge on any atom is -0.325 e. The topological polar surface area (TPSA) is 46.9 Å². The van der Waals surface area contributed by atoms with Crippen LogP contribution in [0, 0.1) is 19.8 Å². The molecule has 4 rings (SSSR count). The van der Waals surface area contributed by atoms with Crippen LogP contribution in [0.15, 0.2) is 66.7 Å². The van der Waals surface area contributed by atoms with E-state index in [1.807, 2.05) is 42.5 Å². The van der Waals surface area contributed by atoms with Gasteiger partial charge in [-0.2, -0.15) is 0 Å². The number of hydrogen-bond acceptors (Lipinski definition) is 2. The van der Waals surface area contributed by atoms with Crippen molar-refractivity contribution < 1.29 is 4.79 Å². The number of carbonyl (C=O) groups is 1. The third-order valence-electron chi connectivity index (χ3n) is 6.29. The fraction of sp³-hybridized carbons (Fsp3) is 0.310. The van der Waals surface area contributed by atoms with Crippen LogP contribution in [-0.2, 0) is 17.8 Å². The highest BCUT2D eigenvalue weighted by Gasteiger charge is 2.20. The van der Waals surface area contributed by atoms with Crippen LogP contribution in [0.25, 0.3) is 11.0 Å². The molecule has 1 atom stereocenters. The lowest BCUT2D eigenvalue weighted by Crippen LogP contribution is -2.21. The van der Waals surface area contributed by atoms with Gasteiger partial charge in [-0.05, 0) is 72.7 Å². The van der Waals surface area contributed by atoms with Gasteiger partial charge in [-0.15, -0.1) is 0 Å². The molecule has 0 aliphatic heterocycles. The number of nitrogens with zero attached hydrogens (tertiary/aromatic N) is 2. The van der Waals surface area contributed by atoms with Crippen LogP contribution in [0.5, 0.6) is 0 Å². The lowest BCUT2D eigenvalue weighted by molar-refractivity contribution is -0.116. The molecule has 0 radical (unpaired) electrons. The Morgan fingerprint density at radius 3 is 2.36 bits per heavy atom. The van der Waals surface area contributed by atoms with E-state index in [0.29, 0.717) is 5.92 Å². The first-order valence-corrected chi connectivity index (χ1v) is 11.7. The number of amides is 1. The molecule has 1 N–H and O–H groups in total. The van der Waals surface area contributed by atoms with Crippen molar-refractivity contribution in [2.45, 2.75) is 53.5 Å². The third kappa shape index (κ3) is 5.16. The summed E-state index contributed by atoms with van der Waals surface area (Å²) in [5.41, 5.74) is 7.64. The molecule has 1 heterocycles. The summed E-state index contributed by atoms with van der Waals surface area (Å²) in [6.07, 6.45) is 1.08.